The van der Waals surface area contributed by atoms with Gasteiger partial charge in [-0.1, -0.05) is 47.5 Å². The third kappa shape index (κ3) is 5.66. The van der Waals surface area contributed by atoms with E-state index in [1.54, 1.807) is 70.2 Å². The average Bonchev–Trinajstić information content (AvgIpc) is 2.63. The molecule has 1 aliphatic heterocycles. The van der Waals surface area contributed by atoms with Crippen molar-refractivity contribution in [2.24, 2.45) is 0 Å². The summed E-state index contributed by atoms with van der Waals surface area (Å²) in [7, 11) is 0. The van der Waals surface area contributed by atoms with Crippen LogP contribution in [-0.2, 0) is 10.4 Å². The second-order valence-electron chi connectivity index (χ2n) is 8.73. The molecule has 7 heteroatoms. The van der Waals surface area contributed by atoms with E-state index in [4.69, 9.17) is 27.9 Å². The minimum Gasteiger partial charge on any atom is -0.444 e. The first-order valence-electron chi connectivity index (χ1n) is 9.83. The number of hydrogen-bond acceptors (Lipinski definition) is 3. The van der Waals surface area contributed by atoms with Gasteiger partial charge in [0.15, 0.2) is 11.5 Å². The normalized spacial score (nSPS) is 16.0. The maximum Gasteiger partial charge on any atom is 0.410 e. The van der Waals surface area contributed by atoms with E-state index in [-0.39, 0.29) is 18.9 Å². The van der Waals surface area contributed by atoms with Crippen LogP contribution in [0.1, 0.15) is 49.2 Å². The van der Waals surface area contributed by atoms with Crippen LogP contribution in [0.3, 0.4) is 0 Å². The molecular formula is C24H24Cl2FNO3. The Morgan fingerprint density at radius 1 is 1.03 bits per heavy atom. The number of rotatable bonds is 4. The molecule has 1 amide bonds. The van der Waals surface area contributed by atoms with Crippen molar-refractivity contribution in [2.75, 3.05) is 13.1 Å². The number of likely N-dealkylation sites (tertiary alicyclic amines) is 1. The van der Waals surface area contributed by atoms with Gasteiger partial charge < -0.3 is 9.64 Å². The van der Waals surface area contributed by atoms with Gasteiger partial charge >= 0.3 is 6.09 Å². The molecule has 0 aliphatic carbocycles. The summed E-state index contributed by atoms with van der Waals surface area (Å²) >= 11 is 12.0. The van der Waals surface area contributed by atoms with Gasteiger partial charge in [-0.05, 0) is 68.7 Å². The van der Waals surface area contributed by atoms with E-state index < -0.39 is 17.4 Å². The molecule has 0 spiro atoms. The third-order valence-corrected chi connectivity index (χ3v) is 5.32. The monoisotopic (exact) mass is 463 g/mol. The van der Waals surface area contributed by atoms with Gasteiger partial charge in [-0.25, -0.2) is 9.18 Å². The maximum atomic E-state index is 15.2. The Hall–Kier alpha value is -2.37. The zero-order valence-electron chi connectivity index (χ0n) is 17.8. The molecule has 4 nitrogen and oxygen atoms in total. The van der Waals surface area contributed by atoms with Crippen LogP contribution in [0.2, 0.25) is 10.0 Å². The summed E-state index contributed by atoms with van der Waals surface area (Å²) in [4.78, 5) is 26.0. The van der Waals surface area contributed by atoms with Crippen molar-refractivity contribution in [3.8, 4) is 0 Å². The number of hydrogen-bond donors (Lipinski definition) is 0. The SMILES string of the molecule is C/C(=C/C(=O)c1ccc(C2(F)CN(C(=O)OC(C)(C)C)C2)cc1)c1cc(Cl)cc(Cl)c1. The molecular weight excluding hydrogens is 440 g/mol. The van der Waals surface area contributed by atoms with Gasteiger partial charge in [-0.2, -0.15) is 0 Å². The van der Waals surface area contributed by atoms with Gasteiger partial charge in [0.05, 0.1) is 13.1 Å². The van der Waals surface area contributed by atoms with E-state index >= 15 is 4.39 Å². The summed E-state index contributed by atoms with van der Waals surface area (Å²) in [6.07, 6.45) is 0.963. The summed E-state index contributed by atoms with van der Waals surface area (Å²) in [5.74, 6) is -0.211. The van der Waals surface area contributed by atoms with E-state index in [9.17, 15) is 9.59 Å². The molecule has 2 aromatic rings. The first kappa shape index (κ1) is 23.3. The van der Waals surface area contributed by atoms with E-state index in [2.05, 4.69) is 0 Å². The lowest BCUT2D eigenvalue weighted by atomic mass is 9.87. The Morgan fingerprint density at radius 2 is 1.58 bits per heavy atom. The van der Waals surface area contributed by atoms with E-state index in [1.807, 2.05) is 0 Å². The summed E-state index contributed by atoms with van der Waals surface area (Å²) in [6.45, 7) is 6.93. The topological polar surface area (TPSA) is 46.6 Å². The molecule has 1 aliphatic rings. The number of carbonyl (C=O) groups excluding carboxylic acids is 2. The summed E-state index contributed by atoms with van der Waals surface area (Å²) in [5.41, 5.74) is 0.0426. The van der Waals surface area contributed by atoms with Crippen molar-refractivity contribution >= 4 is 40.7 Å². The predicted molar refractivity (Wildman–Crippen MR) is 121 cm³/mol. The number of ketones is 1. The molecule has 164 valence electrons. The van der Waals surface area contributed by atoms with Crippen molar-refractivity contribution in [3.05, 3.63) is 75.3 Å². The number of allylic oxidation sites excluding steroid dienone is 2. The highest BCUT2D eigenvalue weighted by Crippen LogP contribution is 2.37. The number of halogens is 3. The second kappa shape index (κ2) is 8.64. The Kier molecular flexibility index (Phi) is 6.49. The molecule has 0 unspecified atom stereocenters. The zero-order valence-corrected chi connectivity index (χ0v) is 19.4. The minimum absolute atomic E-state index is 0.0796. The second-order valence-corrected chi connectivity index (χ2v) is 9.60. The fourth-order valence-corrected chi connectivity index (χ4v) is 3.80. The lowest BCUT2D eigenvalue weighted by Crippen LogP contribution is -2.59. The molecule has 3 rings (SSSR count). The van der Waals surface area contributed by atoms with Crippen LogP contribution in [0.15, 0.2) is 48.5 Å². The number of ether oxygens (including phenoxy) is 1. The Labute approximate surface area is 191 Å². The van der Waals surface area contributed by atoms with Crippen LogP contribution in [0.5, 0.6) is 0 Å². The molecule has 1 saturated heterocycles. The largest absolute Gasteiger partial charge is 0.444 e. The van der Waals surface area contributed by atoms with Gasteiger partial charge in [0, 0.05) is 15.6 Å². The molecule has 0 radical (unpaired) electrons. The van der Waals surface area contributed by atoms with Crippen molar-refractivity contribution in [1.82, 2.24) is 4.90 Å². The smallest absolute Gasteiger partial charge is 0.410 e. The van der Waals surface area contributed by atoms with Crippen LogP contribution < -0.4 is 0 Å². The fourth-order valence-electron chi connectivity index (χ4n) is 3.27. The molecule has 31 heavy (non-hydrogen) atoms. The molecule has 0 N–H and O–H groups in total. The quantitative estimate of drug-likeness (QED) is 0.374. The molecule has 1 fully saturated rings. The number of nitrogens with zero attached hydrogens (tertiary/aromatic N) is 1. The van der Waals surface area contributed by atoms with Gasteiger partial charge in [0.25, 0.3) is 0 Å². The third-order valence-electron chi connectivity index (χ3n) is 4.89. The van der Waals surface area contributed by atoms with Gasteiger partial charge in [0.2, 0.25) is 0 Å². The first-order chi connectivity index (χ1) is 14.4. The van der Waals surface area contributed by atoms with Crippen LogP contribution in [0.4, 0.5) is 9.18 Å². The van der Waals surface area contributed by atoms with Gasteiger partial charge in [-0.15, -0.1) is 0 Å². The number of amides is 1. The lowest BCUT2D eigenvalue weighted by molar-refractivity contribution is -0.0537. The molecule has 2 aromatic carbocycles. The highest BCUT2D eigenvalue weighted by molar-refractivity contribution is 6.34. The Bertz CT molecular complexity index is 1020. The molecule has 0 atom stereocenters. The average molecular weight is 464 g/mol. The van der Waals surface area contributed by atoms with Gasteiger partial charge in [0.1, 0.15) is 5.60 Å². The summed E-state index contributed by atoms with van der Waals surface area (Å²) in [5, 5.41) is 0.974. The molecule has 0 bridgehead atoms. The first-order valence-corrected chi connectivity index (χ1v) is 10.6. The standard InChI is InChI=1S/C24H24Cl2FNO3/c1-15(17-10-19(25)12-20(26)11-17)9-21(29)16-5-7-18(8-6-16)24(27)13-28(14-24)22(30)31-23(2,3)4/h5-12H,13-14H2,1-4H3/b15-9-. The fraction of sp³-hybridized carbons (Fsp3) is 0.333. The van der Waals surface area contributed by atoms with E-state index in [0.717, 1.165) is 5.56 Å². The van der Waals surface area contributed by atoms with Crippen LogP contribution >= 0.6 is 23.2 Å². The lowest BCUT2D eigenvalue weighted by Gasteiger charge is -2.44. The molecule has 0 aromatic heterocycles. The molecule has 0 saturated carbocycles. The van der Waals surface area contributed by atoms with Crippen molar-refractivity contribution in [2.45, 2.75) is 39.0 Å². The van der Waals surface area contributed by atoms with Crippen molar-refractivity contribution < 1.29 is 18.7 Å². The molecule has 1 heterocycles. The summed E-state index contributed by atoms with van der Waals surface area (Å²) < 4.78 is 20.4. The van der Waals surface area contributed by atoms with E-state index in [1.165, 1.54) is 11.0 Å². The van der Waals surface area contributed by atoms with Crippen molar-refractivity contribution in [3.63, 3.8) is 0 Å². The highest BCUT2D eigenvalue weighted by Gasteiger charge is 2.48. The Balaban J connectivity index is 1.67. The minimum atomic E-state index is -1.65. The van der Waals surface area contributed by atoms with Gasteiger partial charge in [-0.3, -0.25) is 4.79 Å². The number of alkyl halides is 1. The number of benzene rings is 2. The summed E-state index contributed by atoms with van der Waals surface area (Å²) in [6, 6.07) is 11.4. The van der Waals surface area contributed by atoms with Crippen molar-refractivity contribution in [1.29, 1.82) is 0 Å². The van der Waals surface area contributed by atoms with Crippen LogP contribution in [0, 0.1) is 0 Å². The maximum absolute atomic E-state index is 15.2. The van der Waals surface area contributed by atoms with Crippen LogP contribution in [0.25, 0.3) is 5.57 Å². The zero-order chi connectivity index (χ0) is 23.0. The predicted octanol–water partition coefficient (Wildman–Crippen LogP) is 6.70. The number of carbonyl (C=O) groups is 2. The van der Waals surface area contributed by atoms with E-state index in [0.29, 0.717) is 26.7 Å². The highest BCUT2D eigenvalue weighted by atomic mass is 35.5. The van der Waals surface area contributed by atoms with Crippen LogP contribution in [-0.4, -0.2) is 35.5 Å². The Morgan fingerprint density at radius 3 is 2.10 bits per heavy atom.